The van der Waals surface area contributed by atoms with E-state index in [4.69, 9.17) is 20.2 Å². The number of nitrogens with one attached hydrogen (secondary N) is 5. The molecule has 340 valence electrons. The van der Waals surface area contributed by atoms with Crippen molar-refractivity contribution in [1.29, 1.82) is 0 Å². The number of amides is 1. The van der Waals surface area contributed by atoms with Gasteiger partial charge in [0.15, 0.2) is 0 Å². The number of fused-ring (bicyclic) bond motifs is 4. The molecule has 10 heterocycles. The van der Waals surface area contributed by atoms with Gasteiger partial charge in [0.1, 0.15) is 22.4 Å². The number of rotatable bonds is 8. The summed E-state index contributed by atoms with van der Waals surface area (Å²) in [6.07, 6.45) is 13.0. The maximum Gasteiger partial charge on any atom is 0.229 e. The molecule has 1 amide bonds. The van der Waals surface area contributed by atoms with Crippen LogP contribution in [0, 0.1) is 12.3 Å². The van der Waals surface area contributed by atoms with E-state index in [0.717, 1.165) is 128 Å². The molecule has 5 N–H and O–H groups in total. The molecule has 2 saturated heterocycles. The molecule has 10 aromatic rings. The Bertz CT molecular complexity index is 3550. The molecule has 0 aliphatic carbocycles. The molecule has 8 aromatic heterocycles. The van der Waals surface area contributed by atoms with Crippen LogP contribution in [0.25, 0.3) is 89.2 Å². The zero-order valence-corrected chi connectivity index (χ0v) is 38.7. The van der Waals surface area contributed by atoms with Crippen molar-refractivity contribution in [2.75, 3.05) is 41.3 Å². The fraction of sp³-hybridized carbons (Fsp3) is 0.278. The Kier molecular flexibility index (Phi) is 10.1. The van der Waals surface area contributed by atoms with Gasteiger partial charge in [-0.3, -0.25) is 25.0 Å². The minimum atomic E-state index is -0.535. The largest absolute Gasteiger partial charge is 0.371 e. The second-order valence-electron chi connectivity index (χ2n) is 19.6. The van der Waals surface area contributed by atoms with E-state index in [9.17, 15) is 4.79 Å². The van der Waals surface area contributed by atoms with Gasteiger partial charge in [0, 0.05) is 100 Å². The first-order valence-corrected chi connectivity index (χ1v) is 23.8. The molecule has 1 atom stereocenters. The quantitative estimate of drug-likeness (QED) is 0.0993. The van der Waals surface area contributed by atoms with E-state index < -0.39 is 5.41 Å². The first kappa shape index (κ1) is 41.6. The van der Waals surface area contributed by atoms with Gasteiger partial charge in [-0.05, 0) is 117 Å². The lowest BCUT2D eigenvalue weighted by Crippen LogP contribution is -2.34. The Morgan fingerprint density at radius 1 is 0.691 bits per heavy atom. The fourth-order valence-corrected chi connectivity index (χ4v) is 10.3. The molecule has 12 rings (SSSR count). The second kappa shape index (κ2) is 16.5. The van der Waals surface area contributed by atoms with Crippen LogP contribution in [-0.4, -0.2) is 82.4 Å². The molecule has 0 saturated carbocycles. The number of piperidine rings is 2. The van der Waals surface area contributed by atoms with Crippen LogP contribution in [0.1, 0.15) is 69.9 Å². The average molecular weight is 900 g/mol. The monoisotopic (exact) mass is 899 g/mol. The minimum absolute atomic E-state index is 0.0787. The molecular weight excluding hydrogens is 847 g/mol. The maximum atomic E-state index is 12.8. The van der Waals surface area contributed by atoms with Crippen molar-refractivity contribution in [2.24, 2.45) is 5.41 Å². The van der Waals surface area contributed by atoms with E-state index >= 15 is 0 Å². The molecule has 0 spiro atoms. The summed E-state index contributed by atoms with van der Waals surface area (Å²) in [4.78, 5) is 44.7. The normalized spacial score (nSPS) is 15.9. The number of nitrogens with zero attached hydrogens (tertiary/aromatic N) is 8. The van der Waals surface area contributed by atoms with Crippen LogP contribution in [0.4, 0.5) is 17.1 Å². The van der Waals surface area contributed by atoms with E-state index in [-0.39, 0.29) is 11.8 Å². The van der Waals surface area contributed by atoms with Crippen molar-refractivity contribution in [3.63, 3.8) is 0 Å². The Hall–Kier alpha value is -7.87. The fourth-order valence-electron chi connectivity index (χ4n) is 10.3. The molecule has 14 heteroatoms. The predicted molar refractivity (Wildman–Crippen MR) is 272 cm³/mol. The molecule has 68 heavy (non-hydrogen) atoms. The molecule has 1 unspecified atom stereocenters. The van der Waals surface area contributed by atoms with Gasteiger partial charge in [-0.25, -0.2) is 9.97 Å². The van der Waals surface area contributed by atoms with E-state index in [1.807, 2.05) is 51.4 Å². The highest BCUT2D eigenvalue weighted by atomic mass is 16.2. The first-order chi connectivity index (χ1) is 33.1. The Morgan fingerprint density at radius 2 is 1.40 bits per heavy atom. The second-order valence-corrected chi connectivity index (χ2v) is 19.6. The summed E-state index contributed by atoms with van der Waals surface area (Å²) in [5.41, 5.74) is 17.3. The lowest BCUT2D eigenvalue weighted by atomic mass is 9.88. The average Bonchev–Trinajstić information content (AvgIpc) is 4.18. The zero-order chi connectivity index (χ0) is 46.1. The van der Waals surface area contributed by atoms with Crippen LogP contribution in [0.5, 0.6) is 0 Å². The number of hydrogen-bond acceptors (Lipinski definition) is 9. The van der Waals surface area contributed by atoms with Gasteiger partial charge in [0.2, 0.25) is 5.91 Å². The molecule has 0 bridgehead atoms. The summed E-state index contributed by atoms with van der Waals surface area (Å²) in [5.74, 6) is 0.123. The molecule has 2 aromatic carbocycles. The van der Waals surface area contributed by atoms with E-state index in [2.05, 4.69) is 113 Å². The third kappa shape index (κ3) is 7.40. The lowest BCUT2D eigenvalue weighted by molar-refractivity contribution is -0.123. The van der Waals surface area contributed by atoms with Crippen molar-refractivity contribution >= 4 is 66.8 Å². The summed E-state index contributed by atoms with van der Waals surface area (Å²) < 4.78 is 0. The number of hydrogen-bond donors (Lipinski definition) is 5. The number of H-pyrrole nitrogens is 4. The van der Waals surface area contributed by atoms with Crippen LogP contribution in [0.15, 0.2) is 104 Å². The number of carbonyl (C=O) groups is 1. The number of anilines is 3. The van der Waals surface area contributed by atoms with Crippen molar-refractivity contribution in [3.8, 4) is 45.3 Å². The van der Waals surface area contributed by atoms with Gasteiger partial charge in [-0.1, -0.05) is 32.9 Å². The summed E-state index contributed by atoms with van der Waals surface area (Å²) in [7, 11) is 0. The number of carbonyl (C=O) groups excluding carboxylic acids is 1. The Morgan fingerprint density at radius 3 is 2.15 bits per heavy atom. The number of aryl methyl sites for hydroxylation is 1. The number of aromatic nitrogens is 10. The molecule has 0 radical (unpaired) electrons. The topological polar surface area (TPSA) is 176 Å². The highest BCUT2D eigenvalue weighted by Crippen LogP contribution is 2.42. The van der Waals surface area contributed by atoms with Crippen LogP contribution in [0.2, 0.25) is 0 Å². The minimum Gasteiger partial charge on any atom is -0.371 e. The van der Waals surface area contributed by atoms with Gasteiger partial charge in [-0.15, -0.1) is 0 Å². The van der Waals surface area contributed by atoms with Crippen molar-refractivity contribution in [1.82, 2.24) is 50.3 Å². The number of pyridine rings is 4. The van der Waals surface area contributed by atoms with Gasteiger partial charge in [0.25, 0.3) is 0 Å². The molecule has 2 fully saturated rings. The third-order valence-electron chi connectivity index (χ3n) is 13.9. The van der Waals surface area contributed by atoms with Gasteiger partial charge >= 0.3 is 0 Å². The van der Waals surface area contributed by atoms with E-state index in [1.165, 1.54) is 41.6 Å². The summed E-state index contributed by atoms with van der Waals surface area (Å²) in [6.45, 7) is 11.7. The van der Waals surface area contributed by atoms with Crippen molar-refractivity contribution in [3.05, 3.63) is 115 Å². The lowest BCUT2D eigenvalue weighted by Gasteiger charge is -2.35. The smallest absolute Gasteiger partial charge is 0.229 e. The number of benzene rings is 2. The van der Waals surface area contributed by atoms with Gasteiger partial charge in [-0.2, -0.15) is 10.2 Å². The Labute approximate surface area is 393 Å². The number of aromatic amines is 4. The SMILES string of the molecule is Cc1ccncc1-c1cc(C2CCCN(c3cccc4[nH]c(-c5n[nH]c6ccc(-c7cncc(NC(=O)C(C)(C)C)c7)nc56)cc34)C2)c2[nH]nc(-c3cc4c(N5CCCCC5)cccc4[nH]3)c2n1. The van der Waals surface area contributed by atoms with Crippen LogP contribution < -0.4 is 15.1 Å². The first-order valence-electron chi connectivity index (χ1n) is 23.8. The van der Waals surface area contributed by atoms with Crippen LogP contribution >= 0.6 is 0 Å². The van der Waals surface area contributed by atoms with Crippen molar-refractivity contribution < 1.29 is 4.79 Å². The van der Waals surface area contributed by atoms with Crippen molar-refractivity contribution in [2.45, 2.75) is 65.7 Å². The molecular formula is C54H53N13O. The molecule has 2 aliphatic rings. The zero-order valence-electron chi connectivity index (χ0n) is 38.7. The highest BCUT2D eigenvalue weighted by Gasteiger charge is 2.29. The summed E-state index contributed by atoms with van der Waals surface area (Å²) >= 11 is 0. The highest BCUT2D eigenvalue weighted by molar-refractivity contribution is 6.02. The summed E-state index contributed by atoms with van der Waals surface area (Å²) in [6, 6.07) is 27.7. The predicted octanol–water partition coefficient (Wildman–Crippen LogP) is 11.3. The maximum absolute atomic E-state index is 12.8. The van der Waals surface area contributed by atoms with Crippen LogP contribution in [0.3, 0.4) is 0 Å². The van der Waals surface area contributed by atoms with E-state index in [1.54, 1.807) is 12.4 Å². The van der Waals surface area contributed by atoms with Gasteiger partial charge in [0.05, 0.1) is 45.7 Å². The summed E-state index contributed by atoms with van der Waals surface area (Å²) in [5, 5.41) is 21.8. The third-order valence-corrected chi connectivity index (χ3v) is 13.9. The standard InChI is InChI=1S/C54H53N13O/c1-31-18-19-55-29-38(31)43-24-35(48-52(61-43)51(65-63-48)45-25-36-40(59-45)12-8-14-46(36)66-20-6-5-7-21-66)32-11-10-22-67(30-32)47-15-9-13-41-37(47)26-44(58-41)50-49-42(62-64-50)17-16-39(60-49)33-23-34(28-56-27-33)57-53(68)54(2,3)4/h8-9,12-19,23-29,32,58-59H,5-7,10-11,20-22,30H2,1-4H3,(H,57,68)(H,62,64)(H,63,65). The van der Waals surface area contributed by atoms with Gasteiger partial charge < -0.3 is 25.1 Å². The van der Waals surface area contributed by atoms with Crippen LogP contribution in [-0.2, 0) is 4.79 Å². The molecule has 14 nitrogen and oxygen atoms in total. The Balaban J connectivity index is 0.886. The van der Waals surface area contributed by atoms with E-state index in [0.29, 0.717) is 5.69 Å². The molecule has 2 aliphatic heterocycles.